The fourth-order valence-electron chi connectivity index (χ4n) is 3.46. The summed E-state index contributed by atoms with van der Waals surface area (Å²) in [5.74, 6) is -3.54. The lowest BCUT2D eigenvalue weighted by atomic mass is 9.97. The molecule has 6 N–H and O–H groups in total. The number of carboxylic acids is 1. The number of benzene rings is 3. The van der Waals surface area contributed by atoms with Crippen LogP contribution in [0.1, 0.15) is 35.3 Å². The molecule has 11 nitrogen and oxygen atoms in total. The number of carbonyl (C=O) groups is 4. The van der Waals surface area contributed by atoms with E-state index in [1.165, 1.54) is 38.1 Å². The largest absolute Gasteiger partial charge is 0.507 e. The number of carbonyl (C=O) groups excluding carboxylic acids is 3. The second-order valence-corrected chi connectivity index (χ2v) is 7.86. The molecule has 0 heterocycles. The van der Waals surface area contributed by atoms with Crippen molar-refractivity contribution in [3.63, 3.8) is 0 Å². The van der Waals surface area contributed by atoms with E-state index in [-0.39, 0.29) is 34.0 Å². The van der Waals surface area contributed by atoms with Crippen LogP contribution in [0.4, 0.5) is 17.1 Å². The van der Waals surface area contributed by atoms with E-state index in [9.17, 15) is 29.4 Å². The van der Waals surface area contributed by atoms with E-state index in [0.717, 1.165) is 6.07 Å². The van der Waals surface area contributed by atoms with Gasteiger partial charge in [0.1, 0.15) is 11.5 Å². The highest BCUT2D eigenvalue weighted by atomic mass is 16.4. The number of hydrogen-bond donors (Lipinski definition) is 6. The zero-order valence-corrected chi connectivity index (χ0v) is 19.7. The van der Waals surface area contributed by atoms with Gasteiger partial charge in [-0.1, -0.05) is 12.1 Å². The second-order valence-electron chi connectivity index (χ2n) is 7.86. The van der Waals surface area contributed by atoms with Gasteiger partial charge in [-0.25, -0.2) is 4.79 Å². The summed E-state index contributed by atoms with van der Waals surface area (Å²) >= 11 is 0. The second kappa shape index (κ2) is 10.8. The van der Waals surface area contributed by atoms with Gasteiger partial charge in [0.2, 0.25) is 11.8 Å². The van der Waals surface area contributed by atoms with Crippen LogP contribution >= 0.6 is 0 Å². The summed E-state index contributed by atoms with van der Waals surface area (Å²) < 4.78 is 0. The van der Waals surface area contributed by atoms with Crippen LogP contribution in [-0.2, 0) is 14.4 Å². The third-order valence-corrected chi connectivity index (χ3v) is 5.09. The third kappa shape index (κ3) is 6.14. The smallest absolute Gasteiger partial charge is 0.337 e. The van der Waals surface area contributed by atoms with Crippen molar-refractivity contribution in [1.82, 2.24) is 0 Å². The Hall–Kier alpha value is -5.50. The van der Waals surface area contributed by atoms with Gasteiger partial charge in [-0.15, -0.1) is 0 Å². The van der Waals surface area contributed by atoms with Crippen molar-refractivity contribution in [1.29, 1.82) is 10.7 Å². The average molecular weight is 499 g/mol. The molecule has 0 saturated heterocycles. The van der Waals surface area contributed by atoms with Crippen molar-refractivity contribution in [2.24, 2.45) is 0 Å². The summed E-state index contributed by atoms with van der Waals surface area (Å²) in [4.78, 5) is 47.4. The summed E-state index contributed by atoms with van der Waals surface area (Å²) in [6.45, 7) is 2.64. The van der Waals surface area contributed by atoms with Crippen LogP contribution in [-0.4, -0.2) is 39.6 Å². The fourth-order valence-corrected chi connectivity index (χ4v) is 3.46. The van der Waals surface area contributed by atoms with Crippen molar-refractivity contribution in [3.8, 4) is 22.9 Å². The quantitative estimate of drug-likeness (QED) is 0.268. The standard InChI is InChI=1S/C26H21N5O6/c1-13(32)29-17-6-4-16(5-7-17)18-10-20(23(34)11-22(18)30-14(2)33)24(28)25(35)31-21-8-3-15(12-27)9-19(21)26(36)37/h3-11,28,34H,1-2H3,(H,29,32)(H,30,33)(H,31,35)(H,36,37). The van der Waals surface area contributed by atoms with Gasteiger partial charge in [0.15, 0.2) is 0 Å². The number of phenols is 1. The summed E-state index contributed by atoms with van der Waals surface area (Å²) in [6, 6.07) is 14.5. The molecule has 11 heteroatoms. The number of anilines is 3. The molecule has 3 aromatic rings. The topological polar surface area (TPSA) is 192 Å². The minimum absolute atomic E-state index is 0.0749. The van der Waals surface area contributed by atoms with E-state index in [1.54, 1.807) is 24.3 Å². The predicted molar refractivity (Wildman–Crippen MR) is 136 cm³/mol. The lowest BCUT2D eigenvalue weighted by Crippen LogP contribution is -2.24. The van der Waals surface area contributed by atoms with Gasteiger partial charge in [-0.3, -0.25) is 19.8 Å². The minimum atomic E-state index is -1.38. The number of carboxylic acid groups (broad SMARTS) is 1. The molecular weight excluding hydrogens is 478 g/mol. The van der Waals surface area contributed by atoms with Crippen LogP contribution < -0.4 is 16.0 Å². The van der Waals surface area contributed by atoms with Gasteiger partial charge in [-0.2, -0.15) is 5.26 Å². The highest BCUT2D eigenvalue weighted by Gasteiger charge is 2.22. The number of amides is 3. The number of aromatic hydroxyl groups is 1. The zero-order valence-electron chi connectivity index (χ0n) is 19.7. The molecule has 0 aromatic heterocycles. The molecule has 0 aliphatic carbocycles. The van der Waals surface area contributed by atoms with Crippen LogP contribution in [0.3, 0.4) is 0 Å². The first-order valence-electron chi connectivity index (χ1n) is 10.7. The van der Waals surface area contributed by atoms with E-state index >= 15 is 0 Å². The number of nitriles is 1. The first-order chi connectivity index (χ1) is 17.5. The van der Waals surface area contributed by atoms with Crippen LogP contribution in [0.25, 0.3) is 11.1 Å². The Labute approximate surface area is 210 Å². The highest BCUT2D eigenvalue weighted by molar-refractivity contribution is 6.48. The van der Waals surface area contributed by atoms with Crippen molar-refractivity contribution in [2.75, 3.05) is 16.0 Å². The molecule has 0 spiro atoms. The first kappa shape index (κ1) is 26.1. The average Bonchev–Trinajstić information content (AvgIpc) is 2.83. The van der Waals surface area contributed by atoms with Gasteiger partial charge in [0.25, 0.3) is 5.91 Å². The molecule has 186 valence electrons. The molecule has 3 rings (SSSR count). The summed E-state index contributed by atoms with van der Waals surface area (Å²) in [6.07, 6.45) is 0. The van der Waals surface area contributed by atoms with Crippen molar-refractivity contribution < 1.29 is 29.4 Å². The molecule has 0 unspecified atom stereocenters. The molecule has 37 heavy (non-hydrogen) atoms. The maximum absolute atomic E-state index is 12.8. The van der Waals surface area contributed by atoms with E-state index in [4.69, 9.17) is 10.7 Å². The maximum Gasteiger partial charge on any atom is 0.337 e. The summed E-state index contributed by atoms with van der Waals surface area (Å²) in [5.41, 5.74) is 0.407. The van der Waals surface area contributed by atoms with Gasteiger partial charge >= 0.3 is 5.97 Å². The number of aromatic carboxylic acids is 1. The Morgan fingerprint density at radius 1 is 0.838 bits per heavy atom. The number of phenolic OH excluding ortho intramolecular Hbond substituents is 1. The van der Waals surface area contributed by atoms with Gasteiger partial charge in [0.05, 0.1) is 28.6 Å². The Morgan fingerprint density at radius 2 is 1.49 bits per heavy atom. The summed E-state index contributed by atoms with van der Waals surface area (Å²) in [7, 11) is 0. The third-order valence-electron chi connectivity index (χ3n) is 5.09. The van der Waals surface area contributed by atoms with Gasteiger partial charge in [-0.05, 0) is 42.0 Å². The van der Waals surface area contributed by atoms with Crippen molar-refractivity contribution >= 4 is 46.5 Å². The number of nitrogens with one attached hydrogen (secondary N) is 4. The van der Waals surface area contributed by atoms with Crippen LogP contribution in [0.5, 0.6) is 5.75 Å². The molecule has 0 bridgehead atoms. The molecule has 0 fully saturated rings. The Balaban J connectivity index is 2.01. The highest BCUT2D eigenvalue weighted by Crippen LogP contribution is 2.35. The zero-order chi connectivity index (χ0) is 27.3. The molecule has 0 radical (unpaired) electrons. The Bertz CT molecular complexity index is 1490. The molecule has 0 aliphatic rings. The predicted octanol–water partition coefficient (Wildman–Crippen LogP) is 3.55. The monoisotopic (exact) mass is 499 g/mol. The number of nitrogens with zero attached hydrogens (tertiary/aromatic N) is 1. The Kier molecular flexibility index (Phi) is 7.64. The van der Waals surface area contributed by atoms with Crippen LogP contribution in [0, 0.1) is 16.7 Å². The molecule has 0 atom stereocenters. The van der Waals surface area contributed by atoms with E-state index in [1.807, 2.05) is 6.07 Å². The van der Waals surface area contributed by atoms with Crippen molar-refractivity contribution in [2.45, 2.75) is 13.8 Å². The normalized spacial score (nSPS) is 10.1. The van der Waals surface area contributed by atoms with Crippen LogP contribution in [0.2, 0.25) is 0 Å². The number of rotatable bonds is 7. The molecule has 0 saturated carbocycles. The maximum atomic E-state index is 12.8. The lowest BCUT2D eigenvalue weighted by molar-refractivity contribution is -0.115. The molecule has 3 aromatic carbocycles. The molecular formula is C26H21N5O6. The lowest BCUT2D eigenvalue weighted by Gasteiger charge is -2.16. The molecule has 3 amide bonds. The van der Waals surface area contributed by atoms with Gasteiger partial charge in [0, 0.05) is 36.7 Å². The summed E-state index contributed by atoms with van der Waals surface area (Å²) in [5, 5.41) is 44.9. The fraction of sp³-hybridized carbons (Fsp3) is 0.0769. The molecule has 0 aliphatic heterocycles. The van der Waals surface area contributed by atoms with Crippen LogP contribution in [0.15, 0.2) is 54.6 Å². The Morgan fingerprint density at radius 3 is 2.05 bits per heavy atom. The van der Waals surface area contributed by atoms with Crippen molar-refractivity contribution in [3.05, 3.63) is 71.3 Å². The minimum Gasteiger partial charge on any atom is -0.507 e. The first-order valence-corrected chi connectivity index (χ1v) is 10.7. The van der Waals surface area contributed by atoms with E-state index < -0.39 is 29.2 Å². The van der Waals surface area contributed by atoms with E-state index in [0.29, 0.717) is 16.8 Å². The van der Waals surface area contributed by atoms with Gasteiger partial charge < -0.3 is 26.2 Å². The number of hydrogen-bond acceptors (Lipinski definition) is 7. The SMILES string of the molecule is CC(=O)Nc1ccc(-c2cc(C(=N)C(=O)Nc3ccc(C#N)cc3C(=O)O)c(O)cc2NC(C)=O)cc1. The van der Waals surface area contributed by atoms with E-state index in [2.05, 4.69) is 16.0 Å².